The summed E-state index contributed by atoms with van der Waals surface area (Å²) in [6.07, 6.45) is 3.40. The highest BCUT2D eigenvalue weighted by molar-refractivity contribution is 6.34. The van der Waals surface area contributed by atoms with Crippen LogP contribution in [0.5, 0.6) is 0 Å². The smallest absolute Gasteiger partial charge is 0.340 e. The molecule has 1 saturated carbocycles. The number of nitrogens with one attached hydrogen (secondary N) is 2. The summed E-state index contributed by atoms with van der Waals surface area (Å²) in [7, 11) is 0. The average Bonchev–Trinajstić information content (AvgIpc) is 2.42. The molecule has 0 aromatic carbocycles. The van der Waals surface area contributed by atoms with Crippen LogP contribution >= 0.6 is 11.6 Å². The van der Waals surface area contributed by atoms with Crippen LogP contribution in [-0.2, 0) is 14.3 Å². The van der Waals surface area contributed by atoms with Crippen LogP contribution in [0, 0.1) is 10.8 Å². The maximum atomic E-state index is 11.9. The van der Waals surface area contributed by atoms with Crippen molar-refractivity contribution in [1.82, 2.24) is 5.32 Å². The van der Waals surface area contributed by atoms with Crippen molar-refractivity contribution in [2.75, 3.05) is 6.61 Å². The van der Waals surface area contributed by atoms with E-state index in [-0.39, 0.29) is 22.7 Å². The second-order valence-corrected chi connectivity index (χ2v) is 5.75. The largest absolute Gasteiger partial charge is 0.478 e. The van der Waals surface area contributed by atoms with Gasteiger partial charge in [-0.05, 0) is 39.5 Å². The predicted octanol–water partition coefficient (Wildman–Crippen LogP) is 2.27. The number of hydrogen-bond donors (Lipinski definition) is 3. The molecular weight excluding hydrogens is 296 g/mol. The van der Waals surface area contributed by atoms with Crippen LogP contribution in [-0.4, -0.2) is 35.9 Å². The van der Waals surface area contributed by atoms with Crippen molar-refractivity contribution >= 4 is 29.8 Å². The Kier molecular flexibility index (Phi) is 6.20. The van der Waals surface area contributed by atoms with Gasteiger partial charge in [-0.1, -0.05) is 11.6 Å². The van der Waals surface area contributed by atoms with Gasteiger partial charge >= 0.3 is 11.9 Å². The minimum absolute atomic E-state index is 0.00528. The zero-order valence-electron chi connectivity index (χ0n) is 12.2. The molecule has 21 heavy (non-hydrogen) atoms. The van der Waals surface area contributed by atoms with Gasteiger partial charge in [0, 0.05) is 12.3 Å². The lowest BCUT2D eigenvalue weighted by Gasteiger charge is -2.35. The number of aliphatic carboxylic acids is 1. The van der Waals surface area contributed by atoms with E-state index >= 15 is 0 Å². The number of carbonyl (C=O) groups is 2. The van der Waals surface area contributed by atoms with Gasteiger partial charge in [-0.3, -0.25) is 4.79 Å². The van der Waals surface area contributed by atoms with Crippen LogP contribution in [0.4, 0.5) is 0 Å². The molecule has 1 aliphatic carbocycles. The first-order chi connectivity index (χ1) is 9.84. The highest BCUT2D eigenvalue weighted by Gasteiger charge is 2.38. The van der Waals surface area contributed by atoms with Crippen molar-refractivity contribution in [1.29, 1.82) is 5.41 Å². The highest BCUT2D eigenvalue weighted by atomic mass is 35.5. The van der Waals surface area contributed by atoms with Gasteiger partial charge in [-0.2, -0.15) is 0 Å². The van der Waals surface area contributed by atoms with Crippen LogP contribution in [0.3, 0.4) is 0 Å². The van der Waals surface area contributed by atoms with E-state index in [9.17, 15) is 9.59 Å². The molecule has 0 aromatic rings. The number of carboxylic acid groups (broad SMARTS) is 1. The van der Waals surface area contributed by atoms with Crippen molar-refractivity contribution in [2.45, 2.75) is 45.6 Å². The molecule has 1 rings (SSSR count). The lowest BCUT2D eigenvalue weighted by molar-refractivity contribution is -0.156. The molecule has 0 radical (unpaired) electrons. The van der Waals surface area contributed by atoms with Crippen LogP contribution in [0.1, 0.15) is 39.5 Å². The van der Waals surface area contributed by atoms with E-state index in [1.165, 1.54) is 0 Å². The number of carbonyl (C=O) groups excluding carboxylic acids is 1. The second-order valence-electron chi connectivity index (χ2n) is 5.38. The normalized spacial score (nSPS) is 26.5. The maximum Gasteiger partial charge on any atom is 0.340 e. The Morgan fingerprint density at radius 1 is 1.48 bits per heavy atom. The molecule has 118 valence electrons. The molecule has 0 bridgehead atoms. The van der Waals surface area contributed by atoms with Gasteiger partial charge in [0.2, 0.25) is 0 Å². The molecule has 1 fully saturated rings. The molecule has 3 N–H and O–H groups in total. The van der Waals surface area contributed by atoms with E-state index in [0.717, 1.165) is 0 Å². The van der Waals surface area contributed by atoms with Gasteiger partial charge in [0.1, 0.15) is 10.7 Å². The molecule has 0 saturated heterocycles. The number of halogens is 1. The van der Waals surface area contributed by atoms with Crippen molar-refractivity contribution < 1.29 is 19.4 Å². The van der Waals surface area contributed by atoms with Crippen LogP contribution in [0.25, 0.3) is 0 Å². The summed E-state index contributed by atoms with van der Waals surface area (Å²) >= 11 is 5.90. The summed E-state index contributed by atoms with van der Waals surface area (Å²) < 4.78 is 5.09. The molecule has 0 atom stereocenters. The predicted molar refractivity (Wildman–Crippen MR) is 79.4 cm³/mol. The van der Waals surface area contributed by atoms with Crippen LogP contribution in [0.15, 0.2) is 10.7 Å². The van der Waals surface area contributed by atoms with Crippen molar-refractivity contribution in [3.63, 3.8) is 0 Å². The van der Waals surface area contributed by atoms with Gasteiger partial charge in [-0.25, -0.2) is 4.79 Å². The highest BCUT2D eigenvalue weighted by Crippen LogP contribution is 2.37. The third kappa shape index (κ3) is 4.46. The van der Waals surface area contributed by atoms with E-state index in [1.807, 2.05) is 6.92 Å². The van der Waals surface area contributed by atoms with Crippen LogP contribution in [0.2, 0.25) is 0 Å². The fraction of sp³-hybridized carbons (Fsp3) is 0.643. The van der Waals surface area contributed by atoms with E-state index in [0.29, 0.717) is 38.5 Å². The minimum Gasteiger partial charge on any atom is -0.478 e. The molecule has 0 heterocycles. The second kappa shape index (κ2) is 7.45. The van der Waals surface area contributed by atoms with Crippen molar-refractivity contribution in [2.24, 2.45) is 5.41 Å². The molecule has 0 unspecified atom stereocenters. The first kappa shape index (κ1) is 17.5. The first-order valence-corrected chi connectivity index (χ1v) is 7.29. The van der Waals surface area contributed by atoms with Gasteiger partial charge < -0.3 is 20.6 Å². The average molecular weight is 317 g/mol. The lowest BCUT2D eigenvalue weighted by Crippen LogP contribution is -2.40. The molecular formula is C14H21ClN2O4. The van der Waals surface area contributed by atoms with Gasteiger partial charge in [0.25, 0.3) is 0 Å². The van der Waals surface area contributed by atoms with E-state index in [2.05, 4.69) is 5.32 Å². The van der Waals surface area contributed by atoms with E-state index in [1.54, 1.807) is 6.92 Å². The fourth-order valence-electron chi connectivity index (χ4n) is 2.38. The van der Waals surface area contributed by atoms with Crippen molar-refractivity contribution in [3.8, 4) is 0 Å². The maximum absolute atomic E-state index is 11.9. The van der Waals surface area contributed by atoms with Gasteiger partial charge in [0.15, 0.2) is 0 Å². The molecule has 0 spiro atoms. The number of carboxylic acids is 1. The Bertz CT molecular complexity index is 454. The Hall–Kier alpha value is -1.56. The molecule has 0 aliphatic heterocycles. The standard InChI is InChI=1S/C14H21ClN2O4/c1-3-21-13(20)14(2)6-4-9(5-7-14)17-11(15)10(8-16)12(18)19/h8-9,16-17H,3-7H2,1-2H3,(H,18,19)/b11-10+,16-8?/t9-,14-. The number of hydrogen-bond acceptors (Lipinski definition) is 5. The Labute approximate surface area is 129 Å². The van der Waals surface area contributed by atoms with Crippen molar-refractivity contribution in [3.05, 3.63) is 10.7 Å². The number of rotatable bonds is 6. The Balaban J connectivity index is 2.63. The summed E-state index contributed by atoms with van der Waals surface area (Å²) in [5, 5.41) is 18.8. The third-order valence-corrected chi connectivity index (χ3v) is 4.11. The molecule has 6 nitrogen and oxygen atoms in total. The fourth-order valence-corrected chi connectivity index (χ4v) is 2.67. The first-order valence-electron chi connectivity index (χ1n) is 6.91. The van der Waals surface area contributed by atoms with Crippen LogP contribution < -0.4 is 5.32 Å². The zero-order valence-corrected chi connectivity index (χ0v) is 13.0. The SMILES string of the molecule is CCOC(=O)[C@]1(C)CC[C@@H](N/C(Cl)=C(\C=N)C(=O)O)CC1. The zero-order chi connectivity index (χ0) is 16.0. The summed E-state index contributed by atoms with van der Waals surface area (Å²) in [6.45, 7) is 4.04. The lowest BCUT2D eigenvalue weighted by atomic mass is 9.74. The molecule has 7 heteroatoms. The number of ether oxygens (including phenoxy) is 1. The molecule has 1 aliphatic rings. The monoisotopic (exact) mass is 316 g/mol. The number of esters is 1. The summed E-state index contributed by atoms with van der Waals surface area (Å²) in [6, 6.07) is -0.00528. The Morgan fingerprint density at radius 3 is 2.48 bits per heavy atom. The summed E-state index contributed by atoms with van der Waals surface area (Å²) in [5.74, 6) is -1.43. The van der Waals surface area contributed by atoms with Gasteiger partial charge in [0.05, 0.1) is 12.0 Å². The summed E-state index contributed by atoms with van der Waals surface area (Å²) in [5.41, 5.74) is -0.753. The molecule has 0 amide bonds. The minimum atomic E-state index is -1.24. The van der Waals surface area contributed by atoms with E-state index < -0.39 is 11.4 Å². The van der Waals surface area contributed by atoms with E-state index in [4.69, 9.17) is 26.9 Å². The molecule has 0 aromatic heterocycles. The Morgan fingerprint density at radius 2 is 2.05 bits per heavy atom. The topological polar surface area (TPSA) is 99.5 Å². The van der Waals surface area contributed by atoms with Gasteiger partial charge in [-0.15, -0.1) is 0 Å². The quantitative estimate of drug-likeness (QED) is 0.302. The summed E-state index contributed by atoms with van der Waals surface area (Å²) in [4.78, 5) is 22.8. The third-order valence-electron chi connectivity index (χ3n) is 3.80.